The third-order valence-corrected chi connectivity index (χ3v) is 8.51. The lowest BCUT2D eigenvalue weighted by Crippen LogP contribution is -2.64. The minimum absolute atomic E-state index is 0.257. The molecule has 3 aromatic carbocycles. The van der Waals surface area contributed by atoms with Gasteiger partial charge in [-0.15, -0.1) is 11.3 Å². The molecular formula is C31H31FO6S. The third-order valence-electron chi connectivity index (χ3n) is 7.38. The van der Waals surface area contributed by atoms with Crippen LogP contribution in [0.2, 0.25) is 0 Å². The van der Waals surface area contributed by atoms with Crippen molar-refractivity contribution in [2.75, 3.05) is 13.7 Å². The van der Waals surface area contributed by atoms with Crippen LogP contribution in [0.25, 0.3) is 21.6 Å². The van der Waals surface area contributed by atoms with E-state index in [1.807, 2.05) is 31.2 Å². The maximum absolute atomic E-state index is 13.3. The van der Waals surface area contributed by atoms with Crippen molar-refractivity contribution in [3.63, 3.8) is 0 Å². The fourth-order valence-corrected chi connectivity index (χ4v) is 6.07. The zero-order valence-electron chi connectivity index (χ0n) is 21.6. The van der Waals surface area contributed by atoms with E-state index in [2.05, 4.69) is 24.3 Å². The quantitative estimate of drug-likeness (QED) is 0.272. The highest BCUT2D eigenvalue weighted by atomic mass is 32.1. The predicted molar refractivity (Wildman–Crippen MR) is 148 cm³/mol. The molecule has 6 nitrogen and oxygen atoms in total. The van der Waals surface area contributed by atoms with Crippen LogP contribution in [-0.4, -0.2) is 58.6 Å². The van der Waals surface area contributed by atoms with E-state index in [-0.39, 0.29) is 5.82 Å². The van der Waals surface area contributed by atoms with E-state index < -0.39 is 36.8 Å². The van der Waals surface area contributed by atoms with E-state index in [0.717, 1.165) is 37.6 Å². The minimum Gasteiger partial charge on any atom is -0.394 e. The number of rotatable bonds is 7. The number of methoxy groups -OCH3 is 1. The molecule has 8 heteroatoms. The van der Waals surface area contributed by atoms with Crippen molar-refractivity contribution in [3.8, 4) is 21.6 Å². The van der Waals surface area contributed by atoms with Crippen LogP contribution < -0.4 is 0 Å². The molecule has 204 valence electrons. The molecule has 1 aliphatic heterocycles. The van der Waals surface area contributed by atoms with Crippen LogP contribution in [0.5, 0.6) is 0 Å². The first-order valence-corrected chi connectivity index (χ1v) is 13.5. The zero-order chi connectivity index (χ0) is 27.7. The van der Waals surface area contributed by atoms with Crippen molar-refractivity contribution in [1.29, 1.82) is 0 Å². The van der Waals surface area contributed by atoms with Crippen molar-refractivity contribution in [1.82, 2.24) is 0 Å². The first kappa shape index (κ1) is 27.6. The van der Waals surface area contributed by atoms with Crippen LogP contribution in [0.3, 0.4) is 0 Å². The number of aliphatic hydroxyl groups excluding tert-OH is 4. The molecule has 0 bridgehead atoms. The lowest BCUT2D eigenvalue weighted by Gasteiger charge is -2.47. The molecule has 0 radical (unpaired) electrons. The van der Waals surface area contributed by atoms with Gasteiger partial charge in [-0.25, -0.2) is 4.39 Å². The number of aliphatic hydroxyl groups is 4. The van der Waals surface area contributed by atoms with Crippen molar-refractivity contribution in [2.24, 2.45) is 0 Å². The largest absolute Gasteiger partial charge is 0.394 e. The summed E-state index contributed by atoms with van der Waals surface area (Å²) in [6.45, 7) is 1.45. The smallest absolute Gasteiger partial charge is 0.224 e. The van der Waals surface area contributed by atoms with E-state index >= 15 is 0 Å². The van der Waals surface area contributed by atoms with Gasteiger partial charge in [0, 0.05) is 28.8 Å². The molecule has 0 aliphatic carbocycles. The molecule has 2 heterocycles. The number of halogens is 1. The average Bonchev–Trinajstić information content (AvgIpc) is 3.43. The molecule has 0 amide bonds. The van der Waals surface area contributed by atoms with Crippen molar-refractivity contribution in [2.45, 2.75) is 43.5 Å². The monoisotopic (exact) mass is 550 g/mol. The SMILES string of the molecule is COC1(c2ccc(C)c(Cc3ccc(-c4ccc(-c5ccc(F)cc5)cc4)s3)c2)OC(CO)C(O)C(O)C1O. The Hall–Kier alpha value is -2.95. The van der Waals surface area contributed by atoms with Gasteiger partial charge in [-0.3, -0.25) is 0 Å². The molecule has 1 aromatic heterocycles. The second-order valence-corrected chi connectivity index (χ2v) is 11.0. The van der Waals surface area contributed by atoms with Crippen molar-refractivity contribution in [3.05, 3.63) is 106 Å². The lowest BCUT2D eigenvalue weighted by molar-refractivity contribution is -0.366. The molecule has 4 N–H and O–H groups in total. The molecular weight excluding hydrogens is 519 g/mol. The molecule has 39 heavy (non-hydrogen) atoms. The summed E-state index contributed by atoms with van der Waals surface area (Å²) in [7, 11) is 1.36. The van der Waals surface area contributed by atoms with Crippen molar-refractivity contribution >= 4 is 11.3 Å². The molecule has 1 saturated heterocycles. The average molecular weight is 551 g/mol. The molecule has 5 atom stereocenters. The Labute approximate surface area is 230 Å². The van der Waals surface area contributed by atoms with Crippen LogP contribution in [0.15, 0.2) is 78.9 Å². The Morgan fingerprint density at radius 2 is 1.51 bits per heavy atom. The number of aryl methyl sites for hydroxylation is 1. The Kier molecular flexibility index (Phi) is 7.98. The number of benzene rings is 3. The Balaban J connectivity index is 1.38. The molecule has 5 unspecified atom stereocenters. The van der Waals surface area contributed by atoms with Gasteiger partial charge in [0.05, 0.1) is 6.61 Å². The van der Waals surface area contributed by atoms with Gasteiger partial charge >= 0.3 is 0 Å². The fourth-order valence-electron chi connectivity index (χ4n) is 5.03. The van der Waals surface area contributed by atoms with Gasteiger partial charge in [0.1, 0.15) is 30.2 Å². The minimum atomic E-state index is -1.75. The van der Waals surface area contributed by atoms with Gasteiger partial charge < -0.3 is 29.9 Å². The molecule has 0 spiro atoms. The van der Waals surface area contributed by atoms with E-state index in [0.29, 0.717) is 12.0 Å². The van der Waals surface area contributed by atoms with Gasteiger partial charge in [0.2, 0.25) is 5.79 Å². The summed E-state index contributed by atoms with van der Waals surface area (Å²) in [5.41, 5.74) is 5.56. The molecule has 5 rings (SSSR count). The van der Waals surface area contributed by atoms with E-state index in [9.17, 15) is 24.8 Å². The zero-order valence-corrected chi connectivity index (χ0v) is 22.4. The second-order valence-electron chi connectivity index (χ2n) is 9.80. The highest BCUT2D eigenvalue weighted by Crippen LogP contribution is 2.40. The number of hydrogen-bond acceptors (Lipinski definition) is 7. The first-order chi connectivity index (χ1) is 18.8. The number of hydrogen-bond donors (Lipinski definition) is 4. The fraction of sp³-hybridized carbons (Fsp3) is 0.290. The molecule has 4 aromatic rings. The van der Waals surface area contributed by atoms with E-state index in [1.165, 1.54) is 19.2 Å². The van der Waals surface area contributed by atoms with Crippen LogP contribution in [0, 0.1) is 12.7 Å². The number of ether oxygens (including phenoxy) is 2. The highest BCUT2D eigenvalue weighted by Gasteiger charge is 2.55. The highest BCUT2D eigenvalue weighted by molar-refractivity contribution is 7.15. The summed E-state index contributed by atoms with van der Waals surface area (Å²) in [6, 6.07) is 24.3. The van der Waals surface area contributed by atoms with Crippen LogP contribution in [0.4, 0.5) is 4.39 Å². The summed E-state index contributed by atoms with van der Waals surface area (Å²) in [5.74, 6) is -2.01. The second kappa shape index (κ2) is 11.3. The third kappa shape index (κ3) is 5.29. The number of thiophene rings is 1. The summed E-state index contributed by atoms with van der Waals surface area (Å²) < 4.78 is 24.7. The van der Waals surface area contributed by atoms with Gasteiger partial charge in [-0.05, 0) is 65.1 Å². The van der Waals surface area contributed by atoms with Gasteiger partial charge in [0.25, 0.3) is 0 Å². The Morgan fingerprint density at radius 1 is 0.872 bits per heavy atom. The van der Waals surface area contributed by atoms with Gasteiger partial charge in [-0.2, -0.15) is 0 Å². The standard InChI is InChI=1S/C31H31FO6S/c1-18-3-10-23(31(37-2)30(36)29(35)28(34)26(17-33)38-31)15-22(18)16-25-13-14-27(39-25)21-6-4-19(5-7-21)20-8-11-24(32)12-9-20/h3-15,26,28-30,33-36H,16-17H2,1-2H3. The Morgan fingerprint density at radius 3 is 2.15 bits per heavy atom. The first-order valence-electron chi connectivity index (χ1n) is 12.7. The normalized spacial score (nSPS) is 25.1. The molecule has 1 fully saturated rings. The summed E-state index contributed by atoms with van der Waals surface area (Å²) >= 11 is 1.68. The molecule has 0 saturated carbocycles. The topological polar surface area (TPSA) is 99.4 Å². The maximum atomic E-state index is 13.3. The van der Waals surface area contributed by atoms with Crippen molar-refractivity contribution < 1.29 is 34.3 Å². The lowest BCUT2D eigenvalue weighted by atomic mass is 9.86. The van der Waals surface area contributed by atoms with Crippen LogP contribution in [0.1, 0.15) is 21.6 Å². The van der Waals surface area contributed by atoms with E-state index in [1.54, 1.807) is 29.5 Å². The van der Waals surface area contributed by atoms with Crippen LogP contribution >= 0.6 is 11.3 Å². The summed E-state index contributed by atoms with van der Waals surface area (Å²) in [6.07, 6.45) is -5.07. The summed E-state index contributed by atoms with van der Waals surface area (Å²) in [5, 5.41) is 41.2. The predicted octanol–water partition coefficient (Wildman–Crippen LogP) is 4.39. The Bertz CT molecular complexity index is 1420. The van der Waals surface area contributed by atoms with E-state index in [4.69, 9.17) is 9.47 Å². The molecule has 1 aliphatic rings. The van der Waals surface area contributed by atoms with Gasteiger partial charge in [0.15, 0.2) is 0 Å². The maximum Gasteiger partial charge on any atom is 0.224 e. The van der Waals surface area contributed by atoms with Gasteiger partial charge in [-0.1, -0.05) is 48.5 Å². The summed E-state index contributed by atoms with van der Waals surface area (Å²) in [4.78, 5) is 2.25. The van der Waals surface area contributed by atoms with Crippen LogP contribution in [-0.2, 0) is 21.7 Å².